The van der Waals surface area contributed by atoms with Crippen LogP contribution in [-0.4, -0.2) is 78.0 Å². The van der Waals surface area contributed by atoms with E-state index in [1.165, 1.54) is 0 Å². The van der Waals surface area contributed by atoms with E-state index in [0.29, 0.717) is 0 Å². The number of rotatable bonds is 8. The highest BCUT2D eigenvalue weighted by atomic mass is 31.2. The average Bonchev–Trinajstić information content (AvgIpc) is 3.08. The molecule has 15 heteroatoms. The first-order chi connectivity index (χ1) is 12.5. The fraction of sp³-hybridized carbons (Fsp3) is 0.583. The third kappa shape index (κ3) is 4.62. The van der Waals surface area contributed by atoms with Gasteiger partial charge in [-0.15, -0.1) is 0 Å². The number of ether oxygens (including phenoxy) is 1. The number of hydrogen-bond donors (Lipinski definition) is 9. The summed E-state index contributed by atoms with van der Waals surface area (Å²) in [4.78, 5) is 47.7. The molecule has 0 radical (unpaired) electrons. The van der Waals surface area contributed by atoms with Crippen LogP contribution >= 0.6 is 7.60 Å². The molecule has 27 heavy (non-hydrogen) atoms. The van der Waals surface area contributed by atoms with Crippen LogP contribution in [0.15, 0.2) is 0 Å². The van der Waals surface area contributed by atoms with Crippen LogP contribution in [0.4, 0.5) is 5.82 Å². The Morgan fingerprint density at radius 1 is 1.30 bits per heavy atom. The minimum absolute atomic E-state index is 0.339. The Labute approximate surface area is 151 Å². The summed E-state index contributed by atoms with van der Waals surface area (Å²) in [5.74, 6) is -4.13. The van der Waals surface area contributed by atoms with Crippen molar-refractivity contribution in [2.75, 3.05) is 11.9 Å². The van der Waals surface area contributed by atoms with Crippen molar-refractivity contribution in [2.24, 2.45) is 11.5 Å². The van der Waals surface area contributed by atoms with Crippen LogP contribution in [0, 0.1) is 0 Å². The first-order valence-electron chi connectivity index (χ1n) is 7.58. The number of aromatic amines is 1. The summed E-state index contributed by atoms with van der Waals surface area (Å²) in [5.41, 5.74) is 9.45. The number of aliphatic hydroxyl groups is 3. The lowest BCUT2D eigenvalue weighted by Crippen LogP contribution is -2.37. The van der Waals surface area contributed by atoms with Crippen molar-refractivity contribution in [1.82, 2.24) is 9.97 Å². The van der Waals surface area contributed by atoms with Gasteiger partial charge >= 0.3 is 7.60 Å². The zero-order valence-corrected chi connectivity index (χ0v) is 14.6. The Morgan fingerprint density at radius 3 is 2.37 bits per heavy atom. The van der Waals surface area contributed by atoms with Crippen LogP contribution in [-0.2, 0) is 18.9 Å². The van der Waals surface area contributed by atoms with Crippen LogP contribution in [0.5, 0.6) is 0 Å². The van der Waals surface area contributed by atoms with E-state index >= 15 is 0 Å². The second-order valence-corrected chi connectivity index (χ2v) is 7.43. The highest BCUT2D eigenvalue weighted by Gasteiger charge is 2.43. The zero-order valence-electron chi connectivity index (χ0n) is 13.7. The fourth-order valence-electron chi connectivity index (χ4n) is 2.55. The Kier molecular flexibility index (Phi) is 6.21. The van der Waals surface area contributed by atoms with Crippen molar-refractivity contribution in [1.29, 1.82) is 0 Å². The number of amides is 2. The van der Waals surface area contributed by atoms with Crippen molar-refractivity contribution in [3.63, 3.8) is 0 Å². The maximum atomic E-state index is 11.7. The van der Waals surface area contributed by atoms with E-state index in [1.54, 1.807) is 0 Å². The molecule has 14 nitrogen and oxygen atoms in total. The van der Waals surface area contributed by atoms with Crippen molar-refractivity contribution in [3.05, 3.63) is 5.82 Å². The Balaban J connectivity index is 2.38. The molecule has 1 aliphatic rings. The molecule has 5 atom stereocenters. The molecule has 2 amide bonds. The molecule has 2 heterocycles. The number of hydrogen-bond acceptors (Lipinski definition) is 9. The average molecular weight is 409 g/mol. The van der Waals surface area contributed by atoms with E-state index in [4.69, 9.17) is 21.3 Å². The highest BCUT2D eigenvalue weighted by molar-refractivity contribution is 7.60. The summed E-state index contributed by atoms with van der Waals surface area (Å²) in [5, 5.41) is 31.1. The topological polar surface area (TPSA) is 254 Å². The minimum Gasteiger partial charge on any atom is -0.394 e. The van der Waals surface area contributed by atoms with Gasteiger partial charge in [-0.2, -0.15) is 0 Å². The normalized spacial score (nSPS) is 26.7. The minimum atomic E-state index is -4.95. The molecule has 1 saturated heterocycles. The second kappa shape index (κ2) is 7.90. The SMILES string of the molecule is NC(=O)CC(C(N)=O)c1nc(NC2O[C@H](CO)[C@@H](O)[C@H]2O)c(P(=O)(O)O)[nH]1. The fourth-order valence-corrected chi connectivity index (χ4v) is 3.20. The van der Waals surface area contributed by atoms with Gasteiger partial charge in [0, 0.05) is 6.42 Å². The maximum Gasteiger partial charge on any atom is 0.376 e. The number of nitrogens with two attached hydrogens (primary N) is 2. The van der Waals surface area contributed by atoms with Gasteiger partial charge in [-0.05, 0) is 0 Å². The number of aliphatic hydroxyl groups excluding tert-OH is 3. The summed E-state index contributed by atoms with van der Waals surface area (Å²) in [6.45, 7) is -0.615. The molecule has 1 fully saturated rings. The zero-order chi connectivity index (χ0) is 20.5. The number of carbonyl (C=O) groups excluding carboxylic acids is 2. The summed E-state index contributed by atoms with van der Waals surface area (Å²) in [7, 11) is -4.95. The molecule has 152 valence electrons. The van der Waals surface area contributed by atoms with E-state index < -0.39 is 74.1 Å². The quantitative estimate of drug-likeness (QED) is 0.185. The Morgan fingerprint density at radius 2 is 1.93 bits per heavy atom. The van der Waals surface area contributed by atoms with Crippen molar-refractivity contribution in [2.45, 2.75) is 36.9 Å². The van der Waals surface area contributed by atoms with E-state index in [2.05, 4.69) is 15.3 Å². The molecular weight excluding hydrogens is 389 g/mol. The molecule has 1 aliphatic heterocycles. The standard InChI is InChI=1S/C12H20N5O9P/c13-5(19)1-3(8(14)22)9-15-10(12(17-9)27(23,24)25)16-11-7(21)6(20)4(2-18)26-11/h3-4,6-7,11,16,18,20-21H,1-2H2,(H2,13,19)(H2,14,22)(H,15,17)(H2,23,24,25)/t3?,4-,6-,7-,11?/m1/s1. The highest BCUT2D eigenvalue weighted by Crippen LogP contribution is 2.37. The number of nitrogens with zero attached hydrogens (tertiary/aromatic N) is 1. The van der Waals surface area contributed by atoms with Crippen LogP contribution in [0.25, 0.3) is 0 Å². The van der Waals surface area contributed by atoms with Gasteiger partial charge in [-0.3, -0.25) is 14.2 Å². The lowest BCUT2D eigenvalue weighted by atomic mass is 10.0. The van der Waals surface area contributed by atoms with Gasteiger partial charge in [-0.25, -0.2) is 4.98 Å². The lowest BCUT2D eigenvalue weighted by molar-refractivity contribution is -0.124. The predicted octanol–water partition coefficient (Wildman–Crippen LogP) is -4.49. The molecule has 2 unspecified atom stereocenters. The van der Waals surface area contributed by atoms with Crippen LogP contribution in [0.1, 0.15) is 18.2 Å². The van der Waals surface area contributed by atoms with Crippen molar-refractivity contribution >= 4 is 30.7 Å². The van der Waals surface area contributed by atoms with Gasteiger partial charge in [0.15, 0.2) is 17.5 Å². The number of anilines is 1. The summed E-state index contributed by atoms with van der Waals surface area (Å²) < 4.78 is 16.9. The third-order valence-corrected chi connectivity index (χ3v) is 4.80. The monoisotopic (exact) mass is 409 g/mol. The van der Waals surface area contributed by atoms with E-state index in [1.807, 2.05) is 0 Å². The van der Waals surface area contributed by atoms with E-state index in [-0.39, 0.29) is 5.82 Å². The summed E-state index contributed by atoms with van der Waals surface area (Å²) >= 11 is 0. The number of nitrogens with one attached hydrogen (secondary N) is 2. The third-order valence-electron chi connectivity index (χ3n) is 3.89. The molecule has 0 spiro atoms. The van der Waals surface area contributed by atoms with Gasteiger partial charge in [0.2, 0.25) is 11.8 Å². The number of H-pyrrole nitrogens is 1. The van der Waals surface area contributed by atoms with Gasteiger partial charge in [0.05, 0.1) is 6.61 Å². The molecule has 0 saturated carbocycles. The van der Waals surface area contributed by atoms with Gasteiger partial charge in [-0.1, -0.05) is 0 Å². The largest absolute Gasteiger partial charge is 0.394 e. The number of primary amides is 2. The molecule has 1 aromatic rings. The Hall–Kier alpha value is -2.06. The van der Waals surface area contributed by atoms with E-state index in [0.717, 1.165) is 0 Å². The lowest BCUT2D eigenvalue weighted by Gasteiger charge is -2.17. The first kappa shape index (κ1) is 21.2. The molecule has 0 bridgehead atoms. The van der Waals surface area contributed by atoms with Crippen LogP contribution in [0.2, 0.25) is 0 Å². The molecular formula is C12H20N5O9P. The van der Waals surface area contributed by atoms with E-state index in [9.17, 15) is 34.2 Å². The molecule has 0 aliphatic carbocycles. The molecule has 11 N–H and O–H groups in total. The van der Waals surface area contributed by atoms with Crippen LogP contribution in [0.3, 0.4) is 0 Å². The van der Waals surface area contributed by atoms with Crippen molar-refractivity contribution < 1.29 is 44.0 Å². The number of aromatic nitrogens is 2. The summed E-state index contributed by atoms with van der Waals surface area (Å²) in [6.07, 6.45) is -6.08. The predicted molar refractivity (Wildman–Crippen MR) is 87.4 cm³/mol. The molecule has 2 rings (SSSR count). The number of imidazole rings is 1. The smallest absolute Gasteiger partial charge is 0.376 e. The van der Waals surface area contributed by atoms with Gasteiger partial charge < -0.3 is 51.6 Å². The van der Waals surface area contributed by atoms with Gasteiger partial charge in [0.25, 0.3) is 0 Å². The maximum absolute atomic E-state index is 11.7. The molecule has 1 aromatic heterocycles. The number of carbonyl (C=O) groups is 2. The Bertz CT molecular complexity index is 764. The molecule has 0 aromatic carbocycles. The summed E-state index contributed by atoms with van der Waals surface area (Å²) in [6, 6.07) is 0. The van der Waals surface area contributed by atoms with Crippen LogP contribution < -0.4 is 22.2 Å². The van der Waals surface area contributed by atoms with Gasteiger partial charge in [0.1, 0.15) is 30.1 Å². The second-order valence-electron chi connectivity index (χ2n) is 5.89. The first-order valence-corrected chi connectivity index (χ1v) is 9.19. The van der Waals surface area contributed by atoms with Crippen molar-refractivity contribution in [3.8, 4) is 0 Å².